The van der Waals surface area contributed by atoms with E-state index >= 15 is 0 Å². The van der Waals surface area contributed by atoms with Crippen LogP contribution in [0.2, 0.25) is 10.0 Å². The molecule has 7 heteroatoms. The highest BCUT2D eigenvalue weighted by atomic mass is 35.5. The number of amidine groups is 1. The van der Waals surface area contributed by atoms with Gasteiger partial charge in [0.1, 0.15) is 5.69 Å². The Labute approximate surface area is 195 Å². The van der Waals surface area contributed by atoms with Gasteiger partial charge in [0, 0.05) is 11.1 Å². The number of para-hydroxylation sites is 1. The summed E-state index contributed by atoms with van der Waals surface area (Å²) in [6, 6.07) is 15.4. The van der Waals surface area contributed by atoms with Crippen molar-refractivity contribution in [2.45, 2.75) is 32.6 Å². The third kappa shape index (κ3) is 5.29. The second-order valence-electron chi connectivity index (χ2n) is 7.26. The van der Waals surface area contributed by atoms with E-state index in [2.05, 4.69) is 29.4 Å². The van der Waals surface area contributed by atoms with Crippen LogP contribution in [0.4, 0.5) is 5.69 Å². The summed E-state index contributed by atoms with van der Waals surface area (Å²) in [5.74, 6) is -0.198. The number of fused-ring (bicyclic) bond motifs is 1. The zero-order valence-electron chi connectivity index (χ0n) is 17.0. The van der Waals surface area contributed by atoms with Gasteiger partial charge in [0.2, 0.25) is 0 Å². The Morgan fingerprint density at radius 1 is 1.10 bits per heavy atom. The maximum atomic E-state index is 12.4. The van der Waals surface area contributed by atoms with Gasteiger partial charge in [-0.25, -0.2) is 4.99 Å². The number of carbonyl (C=O) groups is 1. The number of rotatable bonds is 6. The number of amides is 1. The first kappa shape index (κ1) is 21.9. The summed E-state index contributed by atoms with van der Waals surface area (Å²) in [6.45, 7) is 2.20. The second-order valence-corrected chi connectivity index (χ2v) is 9.11. The van der Waals surface area contributed by atoms with Crippen molar-refractivity contribution < 1.29 is 4.79 Å². The van der Waals surface area contributed by atoms with Crippen molar-refractivity contribution in [3.63, 3.8) is 0 Å². The number of halogens is 2. The second kappa shape index (κ2) is 9.86. The van der Waals surface area contributed by atoms with Crippen LogP contribution >= 0.6 is 35.0 Å². The van der Waals surface area contributed by atoms with Crippen LogP contribution in [0.3, 0.4) is 0 Å². The minimum atomic E-state index is -0.198. The van der Waals surface area contributed by atoms with Crippen molar-refractivity contribution in [2.75, 3.05) is 0 Å². The van der Waals surface area contributed by atoms with E-state index in [1.165, 1.54) is 24.6 Å². The Morgan fingerprint density at radius 3 is 2.68 bits per heavy atom. The van der Waals surface area contributed by atoms with Gasteiger partial charge in [-0.05, 0) is 66.6 Å². The van der Waals surface area contributed by atoms with Gasteiger partial charge < -0.3 is 5.32 Å². The van der Waals surface area contributed by atoms with E-state index in [-0.39, 0.29) is 5.91 Å². The summed E-state index contributed by atoms with van der Waals surface area (Å²) in [7, 11) is 0. The molecule has 1 saturated heterocycles. The molecule has 1 amide bonds. The Hall–Kier alpha value is -2.34. The number of hydrogen-bond acceptors (Lipinski definition) is 4. The molecular weight excluding hydrogens is 449 g/mol. The molecule has 0 bridgehead atoms. The van der Waals surface area contributed by atoms with Gasteiger partial charge in [0.25, 0.3) is 5.91 Å². The van der Waals surface area contributed by atoms with Gasteiger partial charge in [0.15, 0.2) is 5.17 Å². The quantitative estimate of drug-likeness (QED) is 0.307. The first-order chi connectivity index (χ1) is 15.0. The number of aromatic nitrogens is 1. The van der Waals surface area contributed by atoms with Crippen LogP contribution in [0, 0.1) is 0 Å². The third-order valence-corrected chi connectivity index (χ3v) is 6.43. The third-order valence-electron chi connectivity index (χ3n) is 4.91. The number of carbonyl (C=O) groups excluding carboxylic acids is 1. The molecular formula is C24H21Cl2N3OS. The van der Waals surface area contributed by atoms with Crippen LogP contribution in [0.25, 0.3) is 17.0 Å². The first-order valence-corrected chi connectivity index (χ1v) is 11.7. The number of nitrogens with zero attached hydrogens (tertiary/aromatic N) is 2. The number of hydrogen-bond donors (Lipinski definition) is 1. The van der Waals surface area contributed by atoms with E-state index in [4.69, 9.17) is 28.2 Å². The molecule has 158 valence electrons. The van der Waals surface area contributed by atoms with E-state index in [1.807, 2.05) is 24.3 Å². The minimum Gasteiger partial charge on any atom is -0.300 e. The van der Waals surface area contributed by atoms with Crippen LogP contribution in [-0.2, 0) is 11.2 Å². The summed E-state index contributed by atoms with van der Waals surface area (Å²) >= 11 is 13.6. The maximum absolute atomic E-state index is 12.4. The van der Waals surface area contributed by atoms with Crippen LogP contribution in [0.5, 0.6) is 0 Å². The number of benzene rings is 2. The molecule has 1 fully saturated rings. The number of aryl methyl sites for hydroxylation is 1. The predicted molar refractivity (Wildman–Crippen MR) is 132 cm³/mol. The summed E-state index contributed by atoms with van der Waals surface area (Å²) in [5, 5.41) is 5.14. The van der Waals surface area contributed by atoms with Gasteiger partial charge in [-0.2, -0.15) is 0 Å². The van der Waals surface area contributed by atoms with Gasteiger partial charge in [-0.3, -0.25) is 9.78 Å². The Kier molecular flexibility index (Phi) is 6.96. The molecule has 2 aromatic carbocycles. The zero-order valence-corrected chi connectivity index (χ0v) is 19.3. The number of aliphatic imine (C=N–C) groups is 1. The fourth-order valence-electron chi connectivity index (χ4n) is 3.30. The molecule has 0 unspecified atom stereocenters. The monoisotopic (exact) mass is 469 g/mol. The number of thioether (sulfide) groups is 1. The number of unbranched alkanes of at least 4 members (excludes halogenated alkanes) is 2. The Bertz CT molecular complexity index is 1190. The lowest BCUT2D eigenvalue weighted by Gasteiger charge is -2.04. The SMILES string of the molecule is CCCCCc1ccc2cc(/C=C3/SC(=Nc4c(Cl)cccc4Cl)NC3=O)ccc2n1. The van der Waals surface area contributed by atoms with Crippen molar-refractivity contribution in [2.24, 2.45) is 4.99 Å². The molecule has 31 heavy (non-hydrogen) atoms. The van der Waals surface area contributed by atoms with Crippen LogP contribution in [0.1, 0.15) is 37.4 Å². The summed E-state index contributed by atoms with van der Waals surface area (Å²) in [4.78, 5) is 22.2. The molecule has 2 heterocycles. The van der Waals surface area contributed by atoms with Gasteiger partial charge in [-0.1, -0.05) is 61.2 Å². The Morgan fingerprint density at radius 2 is 1.90 bits per heavy atom. The first-order valence-electron chi connectivity index (χ1n) is 10.2. The van der Waals surface area contributed by atoms with E-state index in [9.17, 15) is 4.79 Å². The van der Waals surface area contributed by atoms with Crippen molar-refractivity contribution in [3.8, 4) is 0 Å². The van der Waals surface area contributed by atoms with Crippen molar-refractivity contribution in [3.05, 3.63) is 74.7 Å². The van der Waals surface area contributed by atoms with Gasteiger partial charge in [-0.15, -0.1) is 0 Å². The van der Waals surface area contributed by atoms with Crippen molar-refractivity contribution in [1.82, 2.24) is 10.3 Å². The normalized spacial score (nSPS) is 16.4. The van der Waals surface area contributed by atoms with Crippen LogP contribution in [0.15, 0.2) is 58.4 Å². The molecule has 1 aliphatic heterocycles. The number of pyridine rings is 1. The summed E-state index contributed by atoms with van der Waals surface area (Å²) < 4.78 is 0. The van der Waals surface area contributed by atoms with Gasteiger partial charge >= 0.3 is 0 Å². The lowest BCUT2D eigenvalue weighted by atomic mass is 10.1. The van der Waals surface area contributed by atoms with Crippen molar-refractivity contribution in [1.29, 1.82) is 0 Å². The molecule has 3 aromatic rings. The lowest BCUT2D eigenvalue weighted by molar-refractivity contribution is -0.115. The molecule has 4 rings (SSSR count). The highest BCUT2D eigenvalue weighted by Gasteiger charge is 2.24. The molecule has 0 atom stereocenters. The van der Waals surface area contributed by atoms with Crippen LogP contribution in [-0.4, -0.2) is 16.1 Å². The highest BCUT2D eigenvalue weighted by molar-refractivity contribution is 8.18. The van der Waals surface area contributed by atoms with E-state index in [0.717, 1.165) is 35.0 Å². The fourth-order valence-corrected chi connectivity index (χ4v) is 4.61. The molecule has 0 spiro atoms. The average molecular weight is 470 g/mol. The highest BCUT2D eigenvalue weighted by Crippen LogP contribution is 2.35. The fraction of sp³-hybridized carbons (Fsp3) is 0.208. The molecule has 1 aromatic heterocycles. The molecule has 0 aliphatic carbocycles. The smallest absolute Gasteiger partial charge is 0.264 e. The molecule has 1 aliphatic rings. The standard InChI is InChI=1S/C24H21Cl2N3OS/c1-2-3-4-6-17-11-10-16-13-15(9-12-20(16)27-17)14-21-23(30)29-24(31-21)28-22-18(25)7-5-8-19(22)26/h5,7-14H,2-4,6H2,1H3,(H,28,29,30)/b21-14+. The topological polar surface area (TPSA) is 54.4 Å². The van der Waals surface area contributed by atoms with E-state index in [1.54, 1.807) is 18.2 Å². The van der Waals surface area contributed by atoms with Crippen molar-refractivity contribution >= 4 is 68.7 Å². The lowest BCUT2D eigenvalue weighted by Crippen LogP contribution is -2.19. The predicted octanol–water partition coefficient (Wildman–Crippen LogP) is 7.17. The van der Waals surface area contributed by atoms with Gasteiger partial charge in [0.05, 0.1) is 20.5 Å². The van der Waals surface area contributed by atoms with Crippen LogP contribution < -0.4 is 5.32 Å². The maximum Gasteiger partial charge on any atom is 0.264 e. The van der Waals surface area contributed by atoms with E-state index in [0.29, 0.717) is 25.8 Å². The van der Waals surface area contributed by atoms with E-state index < -0.39 is 0 Å². The molecule has 1 N–H and O–H groups in total. The number of nitrogens with one attached hydrogen (secondary N) is 1. The largest absolute Gasteiger partial charge is 0.300 e. The zero-order chi connectivity index (χ0) is 21.8. The summed E-state index contributed by atoms with van der Waals surface area (Å²) in [5.41, 5.74) is 3.47. The summed E-state index contributed by atoms with van der Waals surface area (Å²) in [6.07, 6.45) is 6.44. The molecule has 0 saturated carbocycles. The average Bonchev–Trinajstić information content (AvgIpc) is 3.10. The molecule has 4 nitrogen and oxygen atoms in total. The molecule has 0 radical (unpaired) electrons. The minimum absolute atomic E-state index is 0.198. The Balaban J connectivity index is 1.54.